The molecule has 4 heterocycles. The van der Waals surface area contributed by atoms with Gasteiger partial charge in [0.1, 0.15) is 17.2 Å². The molecular formula is C48H59N7O16. The summed E-state index contributed by atoms with van der Waals surface area (Å²) in [5.41, 5.74) is 0.0773. The largest absolute Gasteiger partial charge is 0.507 e. The summed E-state index contributed by atoms with van der Waals surface area (Å²) in [6, 6.07) is 4.71. The van der Waals surface area contributed by atoms with E-state index in [1.807, 2.05) is 6.92 Å². The number of fused-ring (bicyclic) bond motifs is 3. The lowest BCUT2D eigenvalue weighted by atomic mass is 9.75. The topological polar surface area (TPSA) is 309 Å². The number of aromatic hydroxyl groups is 2. The van der Waals surface area contributed by atoms with Gasteiger partial charge in [-0.1, -0.05) is 12.1 Å². The Morgan fingerprint density at radius 1 is 0.761 bits per heavy atom. The van der Waals surface area contributed by atoms with E-state index in [2.05, 4.69) is 26.2 Å². The van der Waals surface area contributed by atoms with Crippen LogP contribution in [-0.4, -0.2) is 194 Å². The molecule has 2 aliphatic carbocycles. The Labute approximate surface area is 408 Å². The Morgan fingerprint density at radius 3 is 2.06 bits per heavy atom. The number of likely N-dealkylation sites (tertiary alicyclic amines) is 1. The molecule has 2 aromatic carbocycles. The average molecular weight is 990 g/mol. The summed E-state index contributed by atoms with van der Waals surface area (Å²) in [5.74, 6) is -6.09. The second-order valence-corrected chi connectivity index (χ2v) is 18.0. The van der Waals surface area contributed by atoms with Crippen LogP contribution in [0.15, 0.2) is 30.4 Å². The number of hydrogen-bond acceptors (Lipinski definition) is 17. The van der Waals surface area contributed by atoms with E-state index >= 15 is 0 Å². The number of carbonyl (C=O) groups is 9. The van der Waals surface area contributed by atoms with Gasteiger partial charge in [-0.3, -0.25) is 53.0 Å². The van der Waals surface area contributed by atoms with Crippen LogP contribution in [0, 0.1) is 11.8 Å². The number of morpholine rings is 1. The van der Waals surface area contributed by atoms with Crippen LogP contribution in [0.1, 0.15) is 69.2 Å². The highest BCUT2D eigenvalue weighted by Gasteiger charge is 2.43. The summed E-state index contributed by atoms with van der Waals surface area (Å²) >= 11 is 0. The third-order valence-electron chi connectivity index (χ3n) is 13.5. The maximum absolute atomic E-state index is 13.5. The zero-order chi connectivity index (χ0) is 51.1. The minimum atomic E-state index is -0.669. The number of phenolic OH excluding ortho intramolecular Hbond substituents is 2. The fourth-order valence-electron chi connectivity index (χ4n) is 9.53. The van der Waals surface area contributed by atoms with Crippen LogP contribution >= 0.6 is 0 Å². The Morgan fingerprint density at radius 2 is 1.39 bits per heavy atom. The lowest BCUT2D eigenvalue weighted by Crippen LogP contribution is -2.57. The standard InChI is InChI=1S/C37H38N6O12.C11H21NO4/c1-55-23-4-2-3-21-30(23)36(53)32-31(34(21)51)35(52)22-11-19(5-6-20(22)33(32)50)37(54)42-16-18(17-42)12-38-25(45)14-40-27(47)15-41-26(46)13-39-24(44)9-10-43-28(48)7-8-29(43)49;1-8-11(13)9(3-5-15-8)12-4-6-16-10(7-12)14-2/h2-4,7-8,18-19,50,52H,5-6,9-17H2,1H3,(H,38,45)(H,39,44)(H,40,47)(H,41,46);8-11,13H,3-7H2,1-2H3/t19-;8-,9?,10?,11+/m00/s1. The zero-order valence-electron chi connectivity index (χ0n) is 39.7. The third-order valence-corrected chi connectivity index (χ3v) is 13.5. The van der Waals surface area contributed by atoms with Crippen molar-refractivity contribution in [3.8, 4) is 17.2 Å². The molecule has 0 saturated carbocycles. The lowest BCUT2D eigenvalue weighted by molar-refractivity contribution is -0.190. The monoisotopic (exact) mass is 989 g/mol. The van der Waals surface area contributed by atoms with E-state index in [1.165, 1.54) is 19.2 Å². The summed E-state index contributed by atoms with van der Waals surface area (Å²) < 4.78 is 21.3. The van der Waals surface area contributed by atoms with Gasteiger partial charge in [0.25, 0.3) is 11.8 Å². The molecule has 3 fully saturated rings. The van der Waals surface area contributed by atoms with Crippen LogP contribution < -0.4 is 26.0 Å². The van der Waals surface area contributed by atoms with Gasteiger partial charge in [-0.15, -0.1) is 0 Å². The number of ketones is 2. The Balaban J connectivity index is 0.000000391. The molecule has 0 bridgehead atoms. The van der Waals surface area contributed by atoms with Gasteiger partial charge in [0.05, 0.1) is 62.2 Å². The number of aliphatic hydroxyl groups is 1. The number of hydrogen-bond donors (Lipinski definition) is 7. The molecule has 2 aromatic rings. The average Bonchev–Trinajstić information content (AvgIpc) is 3.69. The van der Waals surface area contributed by atoms with Crippen LogP contribution in [0.3, 0.4) is 0 Å². The van der Waals surface area contributed by atoms with E-state index in [0.717, 1.165) is 43.2 Å². The van der Waals surface area contributed by atoms with E-state index in [1.54, 1.807) is 18.1 Å². The van der Waals surface area contributed by atoms with Crippen LogP contribution in [0.2, 0.25) is 0 Å². The smallest absolute Gasteiger partial charge is 0.253 e. The van der Waals surface area contributed by atoms with Crippen molar-refractivity contribution in [1.29, 1.82) is 0 Å². The van der Waals surface area contributed by atoms with Crippen LogP contribution in [0.25, 0.3) is 0 Å². The highest BCUT2D eigenvalue weighted by Crippen LogP contribution is 2.47. The van der Waals surface area contributed by atoms with Crippen molar-refractivity contribution in [2.24, 2.45) is 11.8 Å². The van der Waals surface area contributed by atoms with Gasteiger partial charge < -0.3 is 60.4 Å². The number of rotatable bonds is 15. The fraction of sp³-hybridized carbons (Fsp3) is 0.521. The van der Waals surface area contributed by atoms with Crippen molar-refractivity contribution >= 4 is 52.9 Å². The van der Waals surface area contributed by atoms with Crippen molar-refractivity contribution in [2.75, 3.05) is 86.3 Å². The van der Waals surface area contributed by atoms with Crippen LogP contribution in [0.4, 0.5) is 0 Å². The maximum Gasteiger partial charge on any atom is 0.253 e. The molecular weight excluding hydrogens is 931 g/mol. The predicted molar refractivity (Wildman–Crippen MR) is 246 cm³/mol. The molecule has 2 unspecified atom stereocenters. The first-order valence-corrected chi connectivity index (χ1v) is 23.4. The molecule has 71 heavy (non-hydrogen) atoms. The predicted octanol–water partition coefficient (Wildman–Crippen LogP) is -1.95. The number of benzene rings is 2. The van der Waals surface area contributed by atoms with Crippen molar-refractivity contribution in [2.45, 2.75) is 63.6 Å². The van der Waals surface area contributed by atoms with Crippen molar-refractivity contribution in [3.05, 3.63) is 63.7 Å². The number of amides is 7. The number of ether oxygens (including phenoxy) is 4. The molecule has 23 heteroatoms. The molecule has 7 amide bonds. The van der Waals surface area contributed by atoms with Gasteiger partial charge in [0.2, 0.25) is 35.3 Å². The van der Waals surface area contributed by atoms with Gasteiger partial charge in [0, 0.05) is 106 Å². The highest BCUT2D eigenvalue weighted by atomic mass is 16.7. The normalized spacial score (nSPS) is 22.8. The number of nitrogens with one attached hydrogen (secondary N) is 4. The van der Waals surface area contributed by atoms with E-state index < -0.39 is 77.9 Å². The van der Waals surface area contributed by atoms with Crippen molar-refractivity contribution in [1.82, 2.24) is 36.0 Å². The van der Waals surface area contributed by atoms with Gasteiger partial charge in [-0.2, -0.15) is 0 Å². The minimum absolute atomic E-state index is 0.0157. The molecule has 382 valence electrons. The quantitative estimate of drug-likeness (QED) is 0.0643. The van der Waals surface area contributed by atoms with Gasteiger partial charge >= 0.3 is 0 Å². The highest BCUT2D eigenvalue weighted by molar-refractivity contribution is 6.31. The molecule has 6 aliphatic rings. The molecule has 0 spiro atoms. The first-order valence-electron chi connectivity index (χ1n) is 23.4. The Bertz CT molecular complexity index is 2470. The van der Waals surface area contributed by atoms with Gasteiger partial charge in [-0.05, 0) is 38.7 Å². The number of nitrogens with zero attached hydrogens (tertiary/aromatic N) is 3. The van der Waals surface area contributed by atoms with E-state index in [9.17, 15) is 58.5 Å². The van der Waals surface area contributed by atoms with Gasteiger partial charge in [-0.25, -0.2) is 0 Å². The summed E-state index contributed by atoms with van der Waals surface area (Å²) in [5, 5.41) is 42.3. The molecule has 0 aromatic heterocycles. The maximum atomic E-state index is 13.5. The second kappa shape index (κ2) is 23.0. The number of phenols is 2. The van der Waals surface area contributed by atoms with E-state index in [-0.39, 0.29) is 108 Å². The van der Waals surface area contributed by atoms with Crippen LogP contribution in [0.5, 0.6) is 17.2 Å². The summed E-state index contributed by atoms with van der Waals surface area (Å²) in [7, 11) is 3.01. The number of imide groups is 1. The molecule has 7 N–H and O–H groups in total. The number of carbonyl (C=O) groups excluding carboxylic acids is 9. The molecule has 4 aliphatic heterocycles. The Hall–Kier alpha value is -6.79. The molecule has 5 atom stereocenters. The minimum Gasteiger partial charge on any atom is -0.507 e. The van der Waals surface area contributed by atoms with E-state index in [0.29, 0.717) is 31.7 Å². The molecule has 3 saturated heterocycles. The lowest BCUT2D eigenvalue weighted by Gasteiger charge is -2.43. The first kappa shape index (κ1) is 52.0. The summed E-state index contributed by atoms with van der Waals surface area (Å²) in [4.78, 5) is 116. The Kier molecular flexibility index (Phi) is 16.8. The SMILES string of the molecule is COC1CN(C2CCO[C@@H](C)[C@H]2O)CCO1.COc1cccc2c1C(=O)c1c(O)c3c(c(O)c1C2=O)C[C@@H](C(=O)N1CC(CNC(=O)CNC(=O)CNC(=O)CNC(=O)CCN2C(=O)C=CC2=O)C1)CC3. The van der Waals surface area contributed by atoms with E-state index in [4.69, 9.17) is 18.9 Å². The molecule has 8 rings (SSSR count). The van der Waals surface area contributed by atoms with Crippen molar-refractivity contribution in [3.63, 3.8) is 0 Å². The number of methoxy groups -OCH3 is 2. The second-order valence-electron chi connectivity index (χ2n) is 18.0. The fourth-order valence-corrected chi connectivity index (χ4v) is 9.53. The van der Waals surface area contributed by atoms with Crippen LogP contribution in [-0.2, 0) is 60.6 Å². The summed E-state index contributed by atoms with van der Waals surface area (Å²) in [6.45, 7) is 4.45. The zero-order valence-corrected chi connectivity index (χ0v) is 39.7. The number of aliphatic hydroxyl groups excluding tert-OH is 1. The summed E-state index contributed by atoms with van der Waals surface area (Å²) in [6.07, 6.45) is 2.80. The molecule has 0 radical (unpaired) electrons. The first-order chi connectivity index (χ1) is 34.0. The van der Waals surface area contributed by atoms with Gasteiger partial charge in [0.15, 0.2) is 12.1 Å². The van der Waals surface area contributed by atoms with Crippen molar-refractivity contribution < 1.29 is 77.4 Å². The molecule has 23 nitrogen and oxygen atoms in total. The third kappa shape index (κ3) is 11.7.